The predicted molar refractivity (Wildman–Crippen MR) is 132 cm³/mol. The second kappa shape index (κ2) is 11.0. The Balaban J connectivity index is 1.54. The molecule has 1 aromatic heterocycles. The number of carbonyl (C=O) groups is 1. The molecule has 35 heavy (non-hydrogen) atoms. The van der Waals surface area contributed by atoms with Crippen molar-refractivity contribution in [2.24, 2.45) is 5.92 Å². The first kappa shape index (κ1) is 25.6. The molecule has 0 saturated heterocycles. The number of alkyl halides is 2. The van der Waals surface area contributed by atoms with Crippen LogP contribution in [-0.2, 0) is 14.6 Å². The van der Waals surface area contributed by atoms with Crippen LogP contribution in [-0.4, -0.2) is 60.5 Å². The summed E-state index contributed by atoms with van der Waals surface area (Å²) in [6.07, 6.45) is 4.39. The Bertz CT molecular complexity index is 1160. The maximum atomic E-state index is 13.8. The molecule has 1 heterocycles. The number of sulfone groups is 1. The van der Waals surface area contributed by atoms with Crippen molar-refractivity contribution in [3.63, 3.8) is 0 Å². The molecule has 4 rings (SSSR count). The average Bonchev–Trinajstić information content (AvgIpc) is 3.65. The molecule has 2 saturated carbocycles. The lowest BCUT2D eigenvalue weighted by atomic mass is 9.98. The lowest BCUT2D eigenvalue weighted by Crippen LogP contribution is -2.16. The number of benzene rings is 1. The topological polar surface area (TPSA) is 98.2 Å². The van der Waals surface area contributed by atoms with Crippen molar-refractivity contribution in [3.8, 4) is 5.88 Å². The predicted octanol–water partition coefficient (Wildman–Crippen LogP) is 4.26. The minimum Gasteiger partial charge on any atom is -0.476 e. The molecule has 2 aliphatic rings. The van der Waals surface area contributed by atoms with Crippen LogP contribution < -0.4 is 10.1 Å². The lowest BCUT2D eigenvalue weighted by molar-refractivity contribution is -0.111. The van der Waals surface area contributed by atoms with Crippen molar-refractivity contribution in [2.75, 3.05) is 23.9 Å². The van der Waals surface area contributed by atoms with Gasteiger partial charge in [-0.1, -0.05) is 18.2 Å². The van der Waals surface area contributed by atoms with Crippen LogP contribution in [0.3, 0.4) is 0 Å². The first-order chi connectivity index (χ1) is 16.8. The summed E-state index contributed by atoms with van der Waals surface area (Å²) in [5, 5.41) is 2.31. The molecule has 2 fully saturated rings. The van der Waals surface area contributed by atoms with Gasteiger partial charge in [0, 0.05) is 11.3 Å². The highest BCUT2D eigenvalue weighted by molar-refractivity contribution is 7.98. The van der Waals surface area contributed by atoms with E-state index in [0.717, 1.165) is 5.75 Å². The van der Waals surface area contributed by atoms with Crippen molar-refractivity contribution < 1.29 is 26.7 Å². The summed E-state index contributed by atoms with van der Waals surface area (Å²) in [6, 6.07) is 6.03. The van der Waals surface area contributed by atoms with Gasteiger partial charge in [-0.05, 0) is 55.6 Å². The zero-order chi connectivity index (χ0) is 25.0. The first-order valence-corrected chi connectivity index (χ1v) is 14.3. The number of thioether (sulfide) groups is 1. The maximum absolute atomic E-state index is 13.8. The molecule has 1 N–H and O–H groups in total. The van der Waals surface area contributed by atoms with Gasteiger partial charge in [-0.15, -0.1) is 0 Å². The van der Waals surface area contributed by atoms with Gasteiger partial charge in [0.05, 0.1) is 29.1 Å². The number of carbonyl (C=O) groups excluding carboxylic acids is 1. The molecule has 0 aliphatic heterocycles. The number of halogens is 2. The van der Waals surface area contributed by atoms with Gasteiger partial charge in [0.15, 0.2) is 15.7 Å². The third-order valence-electron chi connectivity index (χ3n) is 5.96. The molecule has 0 bridgehead atoms. The highest BCUT2D eigenvalue weighted by Crippen LogP contribution is 2.36. The molecule has 3 atom stereocenters. The molecule has 2 aromatic rings. The van der Waals surface area contributed by atoms with Crippen molar-refractivity contribution in [3.05, 3.63) is 48.3 Å². The standard InChI is InChI=1S/C24H27F2N3O4S2/c1-34-9-8-33-23-14-27-22(13-28-23)29-24(30)19(10-15-11-20(25)21(26)12-15)16-2-4-17(5-3-16)35(31,32)18-6-7-18/h2-5,10,13-15,18,20-21H,6-9,11-12H2,1H3,(H,27,29,30)/t15?,20-,21+. The molecule has 188 valence electrons. The summed E-state index contributed by atoms with van der Waals surface area (Å²) in [5.74, 6) is 0.314. The van der Waals surface area contributed by atoms with E-state index in [9.17, 15) is 22.0 Å². The number of hydrogen-bond donors (Lipinski definition) is 1. The van der Waals surface area contributed by atoms with E-state index in [1.165, 1.54) is 24.5 Å². The van der Waals surface area contributed by atoms with E-state index in [1.807, 2.05) is 6.26 Å². The summed E-state index contributed by atoms with van der Waals surface area (Å²) in [5.41, 5.74) is 0.633. The largest absolute Gasteiger partial charge is 0.476 e. The minimum atomic E-state index is -3.38. The Morgan fingerprint density at radius 2 is 1.83 bits per heavy atom. The Hall–Kier alpha value is -2.53. The molecule has 0 spiro atoms. The number of aromatic nitrogens is 2. The first-order valence-electron chi connectivity index (χ1n) is 11.4. The molecule has 0 radical (unpaired) electrons. The van der Waals surface area contributed by atoms with Crippen molar-refractivity contribution >= 4 is 38.9 Å². The monoisotopic (exact) mass is 523 g/mol. The molecule has 2 aliphatic carbocycles. The van der Waals surface area contributed by atoms with Gasteiger partial charge in [-0.25, -0.2) is 27.2 Å². The molecule has 1 unspecified atom stereocenters. The number of anilines is 1. The number of allylic oxidation sites excluding steroid dienone is 1. The second-order valence-corrected chi connectivity index (χ2v) is 11.9. The summed E-state index contributed by atoms with van der Waals surface area (Å²) in [4.78, 5) is 21.6. The van der Waals surface area contributed by atoms with Crippen LogP contribution in [0.15, 0.2) is 47.6 Å². The van der Waals surface area contributed by atoms with Crippen LogP contribution in [0.25, 0.3) is 5.57 Å². The Morgan fingerprint density at radius 1 is 1.14 bits per heavy atom. The number of nitrogens with one attached hydrogen (secondary N) is 1. The zero-order valence-corrected chi connectivity index (χ0v) is 20.8. The van der Waals surface area contributed by atoms with Crippen LogP contribution in [0.5, 0.6) is 5.88 Å². The molecule has 1 amide bonds. The zero-order valence-electron chi connectivity index (χ0n) is 19.2. The average molecular weight is 524 g/mol. The van der Waals surface area contributed by atoms with E-state index in [-0.39, 0.29) is 34.4 Å². The molecular weight excluding hydrogens is 496 g/mol. The number of amides is 1. The smallest absolute Gasteiger partial charge is 0.257 e. The number of ether oxygens (including phenoxy) is 1. The fourth-order valence-corrected chi connectivity index (χ4v) is 5.82. The number of hydrogen-bond acceptors (Lipinski definition) is 7. The van der Waals surface area contributed by atoms with Gasteiger partial charge in [-0.3, -0.25) is 4.79 Å². The van der Waals surface area contributed by atoms with E-state index >= 15 is 0 Å². The lowest BCUT2D eigenvalue weighted by Gasteiger charge is -2.13. The highest BCUT2D eigenvalue weighted by Gasteiger charge is 2.37. The SMILES string of the molecule is CSCCOc1cnc(NC(=O)C(=CC2C[C@@H](F)[C@@H](F)C2)c2ccc(S(=O)(=O)C3CC3)cc2)cn1. The van der Waals surface area contributed by atoms with Gasteiger partial charge >= 0.3 is 0 Å². The molecule has 1 aromatic carbocycles. The van der Waals surface area contributed by atoms with Gasteiger partial charge in [0.25, 0.3) is 5.91 Å². The van der Waals surface area contributed by atoms with Crippen LogP contribution in [0.2, 0.25) is 0 Å². The van der Waals surface area contributed by atoms with E-state index in [1.54, 1.807) is 30.0 Å². The Kier molecular flexibility index (Phi) is 8.05. The Labute approximate surface area is 207 Å². The minimum absolute atomic E-state index is 0.0199. The van der Waals surface area contributed by atoms with Crippen LogP contribution in [0.4, 0.5) is 14.6 Å². The van der Waals surface area contributed by atoms with E-state index in [0.29, 0.717) is 30.9 Å². The number of nitrogens with zero attached hydrogens (tertiary/aromatic N) is 2. The summed E-state index contributed by atoms with van der Waals surface area (Å²) >= 11 is 1.64. The van der Waals surface area contributed by atoms with Gasteiger partial charge in [0.1, 0.15) is 12.3 Å². The van der Waals surface area contributed by atoms with Gasteiger partial charge < -0.3 is 10.1 Å². The molecular formula is C24H27F2N3O4S2. The molecule has 11 heteroatoms. The third kappa shape index (κ3) is 6.38. The maximum Gasteiger partial charge on any atom is 0.257 e. The normalized spacial score (nSPS) is 22.7. The third-order valence-corrected chi connectivity index (χ3v) is 8.81. The quantitative estimate of drug-likeness (QED) is 0.367. The highest BCUT2D eigenvalue weighted by atomic mass is 32.2. The Morgan fingerprint density at radius 3 is 2.40 bits per heavy atom. The summed E-state index contributed by atoms with van der Waals surface area (Å²) in [7, 11) is -3.38. The van der Waals surface area contributed by atoms with Crippen molar-refractivity contribution in [2.45, 2.75) is 48.2 Å². The fraction of sp³-hybridized carbons (Fsp3) is 0.458. The van der Waals surface area contributed by atoms with Crippen LogP contribution in [0.1, 0.15) is 31.2 Å². The van der Waals surface area contributed by atoms with E-state index < -0.39 is 34.0 Å². The van der Waals surface area contributed by atoms with Crippen molar-refractivity contribution in [1.82, 2.24) is 9.97 Å². The van der Waals surface area contributed by atoms with Crippen LogP contribution in [0, 0.1) is 5.92 Å². The van der Waals surface area contributed by atoms with Crippen molar-refractivity contribution in [1.29, 1.82) is 0 Å². The van der Waals surface area contributed by atoms with Gasteiger partial charge in [-0.2, -0.15) is 11.8 Å². The number of rotatable bonds is 10. The van der Waals surface area contributed by atoms with E-state index in [2.05, 4.69) is 15.3 Å². The summed E-state index contributed by atoms with van der Waals surface area (Å²) < 4.78 is 58.0. The fourth-order valence-electron chi connectivity index (χ4n) is 3.91. The van der Waals surface area contributed by atoms with Crippen LogP contribution >= 0.6 is 11.8 Å². The molecule has 7 nitrogen and oxygen atoms in total. The second-order valence-electron chi connectivity index (χ2n) is 8.65. The van der Waals surface area contributed by atoms with Gasteiger partial charge in [0.2, 0.25) is 5.88 Å². The van der Waals surface area contributed by atoms with E-state index in [4.69, 9.17) is 4.74 Å². The summed E-state index contributed by atoms with van der Waals surface area (Å²) in [6.45, 7) is 0.480.